The number of pyridine rings is 1. The molecule has 160 valence electrons. The molecular formula is C23H18N4O5. The zero-order valence-corrected chi connectivity index (χ0v) is 17.5. The lowest BCUT2D eigenvalue weighted by molar-refractivity contribution is 0.395. The maximum atomic E-state index is 5.53. The number of aromatic nitrogens is 4. The number of nitrogens with zero attached hydrogens (tertiary/aromatic N) is 4. The number of ether oxygens (including phenoxy) is 3. The number of hydrogen-bond acceptors (Lipinski definition) is 9. The van der Waals surface area contributed by atoms with Crippen molar-refractivity contribution in [3.05, 3.63) is 54.6 Å². The van der Waals surface area contributed by atoms with Crippen molar-refractivity contribution >= 4 is 10.9 Å². The van der Waals surface area contributed by atoms with E-state index >= 15 is 0 Å². The average molecular weight is 430 g/mol. The van der Waals surface area contributed by atoms with Gasteiger partial charge in [0.2, 0.25) is 11.7 Å². The van der Waals surface area contributed by atoms with Gasteiger partial charge >= 0.3 is 0 Å². The fraction of sp³-hybridized carbons (Fsp3) is 0.130. The van der Waals surface area contributed by atoms with Gasteiger partial charge in [-0.25, -0.2) is 4.98 Å². The Morgan fingerprint density at radius 1 is 0.750 bits per heavy atom. The first kappa shape index (κ1) is 19.6. The molecule has 0 saturated carbocycles. The molecule has 3 aromatic heterocycles. The van der Waals surface area contributed by atoms with Gasteiger partial charge in [0.05, 0.1) is 32.4 Å². The SMILES string of the molecule is COc1ccc(OC)c(-c2cc(-c3nc(-c4cc(OC)nc5ccccc45)no3)no2)c1. The third-order valence-electron chi connectivity index (χ3n) is 4.97. The smallest absolute Gasteiger partial charge is 0.280 e. The lowest BCUT2D eigenvalue weighted by Crippen LogP contribution is -1.92. The van der Waals surface area contributed by atoms with Crippen LogP contribution in [0.1, 0.15) is 0 Å². The van der Waals surface area contributed by atoms with Crippen LogP contribution in [0.5, 0.6) is 17.4 Å². The maximum Gasteiger partial charge on any atom is 0.280 e. The average Bonchev–Trinajstić information content (AvgIpc) is 3.53. The Bertz CT molecular complexity index is 1410. The number of fused-ring (bicyclic) bond motifs is 1. The van der Waals surface area contributed by atoms with Gasteiger partial charge in [0.25, 0.3) is 5.89 Å². The standard InChI is InChI=1S/C23H18N4O5/c1-28-13-8-9-19(29-2)16(10-13)20-12-18(26-31-20)23-25-22(27-32-23)15-11-21(30-3)24-17-7-5-4-6-14(15)17/h4-12H,1-3H3. The summed E-state index contributed by atoms with van der Waals surface area (Å²) in [6.07, 6.45) is 0. The van der Waals surface area contributed by atoms with Crippen LogP contribution >= 0.6 is 0 Å². The third kappa shape index (κ3) is 3.39. The van der Waals surface area contributed by atoms with Gasteiger partial charge in [-0.2, -0.15) is 4.98 Å². The van der Waals surface area contributed by atoms with E-state index in [0.717, 1.165) is 16.5 Å². The van der Waals surface area contributed by atoms with Crippen molar-refractivity contribution in [2.24, 2.45) is 0 Å². The van der Waals surface area contributed by atoms with E-state index in [2.05, 4.69) is 20.3 Å². The van der Waals surface area contributed by atoms with E-state index in [-0.39, 0.29) is 5.89 Å². The summed E-state index contributed by atoms with van der Waals surface area (Å²) in [5.41, 5.74) is 2.59. The van der Waals surface area contributed by atoms with Gasteiger partial charge in [-0.1, -0.05) is 28.5 Å². The van der Waals surface area contributed by atoms with Crippen LogP contribution in [0.3, 0.4) is 0 Å². The molecular weight excluding hydrogens is 412 g/mol. The number of para-hydroxylation sites is 1. The maximum absolute atomic E-state index is 5.53. The van der Waals surface area contributed by atoms with E-state index in [9.17, 15) is 0 Å². The molecule has 0 spiro atoms. The first-order chi connectivity index (χ1) is 15.7. The van der Waals surface area contributed by atoms with Crippen molar-refractivity contribution < 1.29 is 23.3 Å². The predicted molar refractivity (Wildman–Crippen MR) is 116 cm³/mol. The second-order valence-corrected chi connectivity index (χ2v) is 6.80. The van der Waals surface area contributed by atoms with E-state index in [0.29, 0.717) is 40.2 Å². The summed E-state index contributed by atoms with van der Waals surface area (Å²) >= 11 is 0. The summed E-state index contributed by atoms with van der Waals surface area (Å²) in [6.45, 7) is 0. The Balaban J connectivity index is 1.54. The van der Waals surface area contributed by atoms with E-state index in [1.54, 1.807) is 51.7 Å². The Morgan fingerprint density at radius 2 is 1.62 bits per heavy atom. The highest BCUT2D eigenvalue weighted by atomic mass is 16.5. The van der Waals surface area contributed by atoms with Crippen LogP contribution in [0.2, 0.25) is 0 Å². The summed E-state index contributed by atoms with van der Waals surface area (Å²) in [4.78, 5) is 8.97. The van der Waals surface area contributed by atoms with Gasteiger partial charge in [-0.05, 0) is 24.3 Å². The summed E-state index contributed by atoms with van der Waals surface area (Å²) in [6, 6.07) is 16.5. The first-order valence-corrected chi connectivity index (χ1v) is 9.67. The molecule has 32 heavy (non-hydrogen) atoms. The molecule has 0 aliphatic rings. The molecule has 0 aliphatic heterocycles. The Hall–Kier alpha value is -4.40. The second-order valence-electron chi connectivity index (χ2n) is 6.80. The minimum atomic E-state index is 0.219. The highest BCUT2D eigenvalue weighted by Gasteiger charge is 2.20. The lowest BCUT2D eigenvalue weighted by atomic mass is 10.1. The predicted octanol–water partition coefficient (Wildman–Crippen LogP) is 4.63. The molecule has 2 aromatic carbocycles. The van der Waals surface area contributed by atoms with Crippen molar-refractivity contribution in [3.8, 4) is 51.7 Å². The van der Waals surface area contributed by atoms with Gasteiger partial charge in [0, 0.05) is 23.1 Å². The van der Waals surface area contributed by atoms with Crippen molar-refractivity contribution in [3.63, 3.8) is 0 Å². The number of hydrogen-bond donors (Lipinski definition) is 0. The monoisotopic (exact) mass is 430 g/mol. The third-order valence-corrected chi connectivity index (χ3v) is 4.97. The fourth-order valence-corrected chi connectivity index (χ4v) is 3.39. The van der Waals surface area contributed by atoms with Crippen molar-refractivity contribution in [1.82, 2.24) is 20.3 Å². The van der Waals surface area contributed by atoms with Gasteiger partial charge in [0.1, 0.15) is 11.5 Å². The van der Waals surface area contributed by atoms with Crippen LogP contribution in [-0.2, 0) is 0 Å². The normalized spacial score (nSPS) is 11.0. The van der Waals surface area contributed by atoms with Crippen LogP contribution in [0.25, 0.3) is 45.2 Å². The summed E-state index contributed by atoms with van der Waals surface area (Å²) < 4.78 is 27.1. The molecule has 9 heteroatoms. The summed E-state index contributed by atoms with van der Waals surface area (Å²) in [7, 11) is 4.74. The quantitative estimate of drug-likeness (QED) is 0.381. The zero-order chi connectivity index (χ0) is 22.1. The molecule has 9 nitrogen and oxygen atoms in total. The minimum absolute atomic E-state index is 0.219. The molecule has 0 unspecified atom stereocenters. The second kappa shape index (κ2) is 8.03. The molecule has 0 bridgehead atoms. The molecule has 0 radical (unpaired) electrons. The van der Waals surface area contributed by atoms with Crippen LogP contribution in [-0.4, -0.2) is 41.6 Å². The molecule has 3 heterocycles. The van der Waals surface area contributed by atoms with E-state index in [1.807, 2.05) is 24.3 Å². The molecule has 0 amide bonds. The van der Waals surface area contributed by atoms with Crippen molar-refractivity contribution in [2.75, 3.05) is 21.3 Å². The molecule has 5 rings (SSSR count). The zero-order valence-electron chi connectivity index (χ0n) is 17.5. The van der Waals surface area contributed by atoms with Gasteiger partial charge < -0.3 is 23.3 Å². The van der Waals surface area contributed by atoms with Crippen molar-refractivity contribution in [2.45, 2.75) is 0 Å². The Kier molecular flexibility index (Phi) is 4.91. The lowest BCUT2D eigenvalue weighted by Gasteiger charge is -2.07. The van der Waals surface area contributed by atoms with Crippen LogP contribution in [0.15, 0.2) is 63.6 Å². The first-order valence-electron chi connectivity index (χ1n) is 9.67. The molecule has 0 fully saturated rings. The van der Waals surface area contributed by atoms with Gasteiger partial charge in [-0.15, -0.1) is 0 Å². The Labute approximate surface area is 182 Å². The molecule has 0 N–H and O–H groups in total. The molecule has 0 aliphatic carbocycles. The van der Waals surface area contributed by atoms with Crippen LogP contribution in [0.4, 0.5) is 0 Å². The number of benzene rings is 2. The van der Waals surface area contributed by atoms with E-state index in [1.165, 1.54) is 0 Å². The number of rotatable bonds is 6. The Morgan fingerprint density at radius 3 is 2.44 bits per heavy atom. The highest BCUT2D eigenvalue weighted by molar-refractivity contribution is 5.93. The number of methoxy groups -OCH3 is 3. The highest BCUT2D eigenvalue weighted by Crippen LogP contribution is 2.36. The van der Waals surface area contributed by atoms with Gasteiger partial charge in [0.15, 0.2) is 11.5 Å². The van der Waals surface area contributed by atoms with E-state index in [4.69, 9.17) is 23.3 Å². The largest absolute Gasteiger partial charge is 0.497 e. The molecule has 0 atom stereocenters. The van der Waals surface area contributed by atoms with Crippen molar-refractivity contribution in [1.29, 1.82) is 0 Å². The minimum Gasteiger partial charge on any atom is -0.497 e. The molecule has 0 saturated heterocycles. The van der Waals surface area contributed by atoms with Crippen LogP contribution in [0, 0.1) is 0 Å². The topological polar surface area (TPSA) is 106 Å². The van der Waals surface area contributed by atoms with E-state index < -0.39 is 0 Å². The molecule has 5 aromatic rings. The fourth-order valence-electron chi connectivity index (χ4n) is 3.39. The van der Waals surface area contributed by atoms with Gasteiger partial charge in [-0.3, -0.25) is 0 Å². The summed E-state index contributed by atoms with van der Waals surface area (Å²) in [5.74, 6) is 2.83. The summed E-state index contributed by atoms with van der Waals surface area (Å²) in [5, 5.41) is 9.11. The van der Waals surface area contributed by atoms with Crippen LogP contribution < -0.4 is 14.2 Å².